The molecule has 0 spiro atoms. The second kappa shape index (κ2) is 6.85. The van der Waals surface area contributed by atoms with Crippen molar-refractivity contribution in [2.45, 2.75) is 26.3 Å². The van der Waals surface area contributed by atoms with Crippen LogP contribution in [0.5, 0.6) is 0 Å². The van der Waals surface area contributed by atoms with Crippen LogP contribution in [0, 0.1) is 23.0 Å². The van der Waals surface area contributed by atoms with Gasteiger partial charge in [0.1, 0.15) is 11.6 Å². The molecule has 0 unspecified atom stereocenters. The molecule has 0 amide bonds. The normalized spacial score (nSPS) is 10.2. The molecule has 21 heavy (non-hydrogen) atoms. The first-order valence-corrected chi connectivity index (χ1v) is 6.85. The molecule has 0 atom stereocenters. The molecular formula is C17H16F2N2. The molecule has 0 heterocycles. The molecule has 0 saturated carbocycles. The summed E-state index contributed by atoms with van der Waals surface area (Å²) in [7, 11) is 0. The van der Waals surface area contributed by atoms with Crippen molar-refractivity contribution in [2.75, 3.05) is 5.32 Å². The first-order valence-electron chi connectivity index (χ1n) is 6.85. The van der Waals surface area contributed by atoms with E-state index in [1.807, 2.05) is 24.3 Å². The molecule has 2 aromatic carbocycles. The third-order valence-electron chi connectivity index (χ3n) is 3.26. The highest BCUT2D eigenvalue weighted by atomic mass is 19.1. The molecule has 0 aliphatic carbocycles. The number of nitrogens with one attached hydrogen (secondary N) is 1. The number of benzene rings is 2. The molecule has 2 aromatic rings. The van der Waals surface area contributed by atoms with Crippen molar-refractivity contribution in [1.82, 2.24) is 0 Å². The Bertz CT molecular complexity index is 652. The minimum atomic E-state index is -0.702. The van der Waals surface area contributed by atoms with E-state index in [0.717, 1.165) is 36.2 Å². The fourth-order valence-corrected chi connectivity index (χ4v) is 2.20. The number of para-hydroxylation sites is 1. The van der Waals surface area contributed by atoms with Gasteiger partial charge < -0.3 is 5.32 Å². The summed E-state index contributed by atoms with van der Waals surface area (Å²) < 4.78 is 27.6. The van der Waals surface area contributed by atoms with E-state index in [0.29, 0.717) is 0 Å². The molecule has 1 N–H and O–H groups in total. The van der Waals surface area contributed by atoms with Crippen molar-refractivity contribution in [2.24, 2.45) is 0 Å². The van der Waals surface area contributed by atoms with E-state index in [1.165, 1.54) is 0 Å². The van der Waals surface area contributed by atoms with Gasteiger partial charge in [-0.2, -0.15) is 5.26 Å². The fourth-order valence-electron chi connectivity index (χ4n) is 2.20. The Labute approximate surface area is 123 Å². The molecule has 4 heteroatoms. The Hall–Kier alpha value is -2.41. The summed E-state index contributed by atoms with van der Waals surface area (Å²) in [5, 5.41) is 11.8. The lowest BCUT2D eigenvalue weighted by atomic mass is 10.1. The zero-order valence-electron chi connectivity index (χ0n) is 11.8. The highest BCUT2D eigenvalue weighted by molar-refractivity contribution is 5.51. The van der Waals surface area contributed by atoms with E-state index < -0.39 is 11.6 Å². The average molecular weight is 286 g/mol. The van der Waals surface area contributed by atoms with Crippen molar-refractivity contribution in [3.05, 3.63) is 64.7 Å². The van der Waals surface area contributed by atoms with E-state index in [-0.39, 0.29) is 17.7 Å². The molecule has 0 radical (unpaired) electrons. The lowest BCUT2D eigenvalue weighted by molar-refractivity contribution is 0.559. The van der Waals surface area contributed by atoms with Crippen LogP contribution in [0.2, 0.25) is 0 Å². The van der Waals surface area contributed by atoms with Crippen LogP contribution in [0.15, 0.2) is 36.4 Å². The smallest absolute Gasteiger partial charge is 0.132 e. The van der Waals surface area contributed by atoms with E-state index in [4.69, 9.17) is 5.26 Å². The van der Waals surface area contributed by atoms with Gasteiger partial charge in [0.15, 0.2) is 0 Å². The van der Waals surface area contributed by atoms with Crippen LogP contribution >= 0.6 is 0 Å². The Morgan fingerprint density at radius 1 is 1.14 bits per heavy atom. The number of rotatable bonds is 5. The van der Waals surface area contributed by atoms with Crippen LogP contribution in [-0.4, -0.2) is 0 Å². The molecule has 0 saturated heterocycles. The SMILES string of the molecule is CCCc1ccccc1NCc1c(F)cc(C#N)cc1F. The summed E-state index contributed by atoms with van der Waals surface area (Å²) in [4.78, 5) is 0. The van der Waals surface area contributed by atoms with Crippen molar-refractivity contribution in [3.8, 4) is 6.07 Å². The van der Waals surface area contributed by atoms with Gasteiger partial charge >= 0.3 is 0 Å². The van der Waals surface area contributed by atoms with Gasteiger partial charge in [-0.1, -0.05) is 31.5 Å². The Balaban J connectivity index is 2.19. The largest absolute Gasteiger partial charge is 0.381 e. The second-order valence-electron chi connectivity index (χ2n) is 4.79. The summed E-state index contributed by atoms with van der Waals surface area (Å²) in [5.41, 5.74) is 1.93. The van der Waals surface area contributed by atoms with E-state index in [1.54, 1.807) is 6.07 Å². The number of hydrogen-bond acceptors (Lipinski definition) is 2. The highest BCUT2D eigenvalue weighted by Gasteiger charge is 2.11. The van der Waals surface area contributed by atoms with Crippen LogP contribution in [0.25, 0.3) is 0 Å². The standard InChI is InChI=1S/C17H16F2N2/c1-2-5-13-6-3-4-7-17(13)21-11-14-15(18)8-12(10-20)9-16(14)19/h3-4,6-9,21H,2,5,11H2,1H3. The lowest BCUT2D eigenvalue weighted by Crippen LogP contribution is -2.07. The van der Waals surface area contributed by atoms with Crippen LogP contribution in [-0.2, 0) is 13.0 Å². The number of nitriles is 1. The molecule has 2 nitrogen and oxygen atoms in total. The topological polar surface area (TPSA) is 35.8 Å². The third-order valence-corrected chi connectivity index (χ3v) is 3.26. The number of anilines is 1. The zero-order chi connectivity index (χ0) is 15.2. The first-order chi connectivity index (χ1) is 10.2. The lowest BCUT2D eigenvalue weighted by Gasteiger charge is -2.12. The van der Waals surface area contributed by atoms with E-state index >= 15 is 0 Å². The van der Waals surface area contributed by atoms with E-state index in [2.05, 4.69) is 12.2 Å². The van der Waals surface area contributed by atoms with Gasteiger partial charge in [0, 0.05) is 17.8 Å². The summed E-state index contributed by atoms with van der Waals surface area (Å²) >= 11 is 0. The molecule has 0 aromatic heterocycles. The van der Waals surface area contributed by atoms with Gasteiger partial charge in [-0.05, 0) is 30.2 Å². The second-order valence-corrected chi connectivity index (χ2v) is 4.79. The minimum absolute atomic E-state index is 0.0138. The third kappa shape index (κ3) is 3.57. The quantitative estimate of drug-likeness (QED) is 0.884. The predicted molar refractivity (Wildman–Crippen MR) is 78.8 cm³/mol. The number of aryl methyl sites for hydroxylation is 1. The fraction of sp³-hybridized carbons (Fsp3) is 0.235. The maximum Gasteiger partial charge on any atom is 0.132 e. The molecule has 0 aliphatic rings. The summed E-state index contributed by atoms with van der Waals surface area (Å²) in [6, 6.07) is 11.6. The van der Waals surface area contributed by atoms with Crippen molar-refractivity contribution >= 4 is 5.69 Å². The molecule has 0 fully saturated rings. The van der Waals surface area contributed by atoms with Gasteiger partial charge in [0.2, 0.25) is 0 Å². The van der Waals surface area contributed by atoms with Gasteiger partial charge in [0.05, 0.1) is 11.6 Å². The summed E-state index contributed by atoms with van der Waals surface area (Å²) in [6.07, 6.45) is 1.90. The van der Waals surface area contributed by atoms with Crippen LogP contribution in [0.3, 0.4) is 0 Å². The maximum absolute atomic E-state index is 13.8. The molecule has 108 valence electrons. The molecule has 0 aliphatic heterocycles. The van der Waals surface area contributed by atoms with Gasteiger partial charge in [-0.15, -0.1) is 0 Å². The Kier molecular flexibility index (Phi) is 4.89. The molecule has 0 bridgehead atoms. The Morgan fingerprint density at radius 3 is 2.43 bits per heavy atom. The van der Waals surface area contributed by atoms with Gasteiger partial charge in [-0.3, -0.25) is 0 Å². The monoisotopic (exact) mass is 286 g/mol. The summed E-state index contributed by atoms with van der Waals surface area (Å²) in [5.74, 6) is -1.40. The van der Waals surface area contributed by atoms with Crippen molar-refractivity contribution in [1.29, 1.82) is 5.26 Å². The van der Waals surface area contributed by atoms with Crippen molar-refractivity contribution in [3.63, 3.8) is 0 Å². The Morgan fingerprint density at radius 2 is 1.81 bits per heavy atom. The van der Waals surface area contributed by atoms with Crippen LogP contribution in [0.4, 0.5) is 14.5 Å². The van der Waals surface area contributed by atoms with Gasteiger partial charge in [0.25, 0.3) is 0 Å². The van der Waals surface area contributed by atoms with Gasteiger partial charge in [-0.25, -0.2) is 8.78 Å². The maximum atomic E-state index is 13.8. The van der Waals surface area contributed by atoms with Crippen LogP contribution < -0.4 is 5.32 Å². The highest BCUT2D eigenvalue weighted by Crippen LogP contribution is 2.20. The van der Waals surface area contributed by atoms with Crippen molar-refractivity contribution < 1.29 is 8.78 Å². The summed E-state index contributed by atoms with van der Waals surface area (Å²) in [6.45, 7) is 2.13. The first kappa shape index (κ1) is 15.0. The van der Waals surface area contributed by atoms with E-state index in [9.17, 15) is 8.78 Å². The molecule has 2 rings (SSSR count). The minimum Gasteiger partial charge on any atom is -0.381 e. The number of halogens is 2. The average Bonchev–Trinajstić information content (AvgIpc) is 2.48. The zero-order valence-corrected chi connectivity index (χ0v) is 11.8. The predicted octanol–water partition coefficient (Wildman–Crippen LogP) is 4.40. The van der Waals surface area contributed by atoms with Crippen LogP contribution in [0.1, 0.15) is 30.0 Å². The number of hydrogen-bond donors (Lipinski definition) is 1. The molecular weight excluding hydrogens is 270 g/mol. The number of nitrogens with zero attached hydrogens (tertiary/aromatic N) is 1.